The molecule has 0 radical (unpaired) electrons. The fourth-order valence-electron chi connectivity index (χ4n) is 1.87. The number of aromatic nitrogens is 1. The summed E-state index contributed by atoms with van der Waals surface area (Å²) in [6, 6.07) is 2.22. The van der Waals surface area contributed by atoms with E-state index in [1.165, 1.54) is 4.90 Å². The largest absolute Gasteiger partial charge is 0.477 e. The summed E-state index contributed by atoms with van der Waals surface area (Å²) in [6.45, 7) is 0.634. The molecule has 0 aliphatic carbocycles. The summed E-state index contributed by atoms with van der Waals surface area (Å²) < 4.78 is 0. The number of nitro groups is 1. The van der Waals surface area contributed by atoms with Gasteiger partial charge in [0.15, 0.2) is 5.69 Å². The highest BCUT2D eigenvalue weighted by Gasteiger charge is 2.28. The van der Waals surface area contributed by atoms with Crippen LogP contribution in [0.3, 0.4) is 0 Å². The predicted octanol–water partition coefficient (Wildman–Crippen LogP) is 0.259. The minimum Gasteiger partial charge on any atom is -0.477 e. The molecule has 2 heterocycles. The Balaban J connectivity index is 2.44. The van der Waals surface area contributed by atoms with Gasteiger partial charge in [0.05, 0.1) is 11.0 Å². The summed E-state index contributed by atoms with van der Waals surface area (Å²) >= 11 is 0. The van der Waals surface area contributed by atoms with Crippen molar-refractivity contribution in [2.75, 3.05) is 18.0 Å². The fourth-order valence-corrected chi connectivity index (χ4v) is 1.87. The van der Waals surface area contributed by atoms with Crippen molar-refractivity contribution in [1.29, 1.82) is 0 Å². The zero-order valence-corrected chi connectivity index (χ0v) is 9.31. The third-order valence-electron chi connectivity index (χ3n) is 2.73. The molecule has 1 aliphatic rings. The molecule has 8 nitrogen and oxygen atoms in total. The Kier molecular flexibility index (Phi) is 3.11. The summed E-state index contributed by atoms with van der Waals surface area (Å²) in [5.74, 6) is -1.25. The van der Waals surface area contributed by atoms with Crippen LogP contribution in [0.25, 0.3) is 0 Å². The van der Waals surface area contributed by atoms with Crippen LogP contribution in [0.4, 0.5) is 11.5 Å². The lowest BCUT2D eigenvalue weighted by Crippen LogP contribution is -2.24. The van der Waals surface area contributed by atoms with Gasteiger partial charge in [0.2, 0.25) is 5.82 Å². The number of carbonyl (C=O) groups is 1. The summed E-state index contributed by atoms with van der Waals surface area (Å²) in [5.41, 5.74) is -0.508. The average molecular weight is 253 g/mol. The van der Waals surface area contributed by atoms with E-state index in [9.17, 15) is 20.0 Å². The van der Waals surface area contributed by atoms with E-state index in [1.807, 2.05) is 0 Å². The lowest BCUT2D eigenvalue weighted by atomic mass is 10.3. The Morgan fingerprint density at radius 1 is 1.56 bits per heavy atom. The van der Waals surface area contributed by atoms with Crippen LogP contribution in [0.5, 0.6) is 0 Å². The Morgan fingerprint density at radius 3 is 2.78 bits per heavy atom. The summed E-state index contributed by atoms with van der Waals surface area (Å²) in [7, 11) is 0. The van der Waals surface area contributed by atoms with Crippen LogP contribution in [0.15, 0.2) is 12.1 Å². The van der Waals surface area contributed by atoms with Crippen LogP contribution >= 0.6 is 0 Å². The quantitative estimate of drug-likeness (QED) is 0.586. The standard InChI is InChI=1S/C10H11N3O5/c14-6-3-4-12(5-6)9-8(13(17)18)2-1-7(11-9)10(15)16/h1-2,6,14H,3-5H2,(H,15,16). The molecule has 96 valence electrons. The molecular weight excluding hydrogens is 242 g/mol. The summed E-state index contributed by atoms with van der Waals surface area (Å²) in [5, 5.41) is 29.1. The van der Waals surface area contributed by atoms with E-state index in [0.717, 1.165) is 12.1 Å². The molecule has 1 saturated heterocycles. The van der Waals surface area contributed by atoms with Gasteiger partial charge in [-0.2, -0.15) is 0 Å². The molecule has 0 spiro atoms. The monoisotopic (exact) mass is 253 g/mol. The minimum atomic E-state index is -1.24. The Bertz CT molecular complexity index is 504. The van der Waals surface area contributed by atoms with Crippen molar-refractivity contribution in [3.8, 4) is 0 Å². The number of aliphatic hydroxyl groups excluding tert-OH is 1. The van der Waals surface area contributed by atoms with Crippen LogP contribution < -0.4 is 4.90 Å². The maximum atomic E-state index is 10.9. The number of carboxylic acid groups (broad SMARTS) is 1. The van der Waals surface area contributed by atoms with E-state index >= 15 is 0 Å². The molecule has 1 aliphatic heterocycles. The third kappa shape index (κ3) is 2.23. The zero-order chi connectivity index (χ0) is 13.3. The highest BCUT2D eigenvalue weighted by molar-refractivity contribution is 5.86. The fraction of sp³-hybridized carbons (Fsp3) is 0.400. The predicted molar refractivity (Wildman–Crippen MR) is 60.7 cm³/mol. The van der Waals surface area contributed by atoms with Crippen molar-refractivity contribution in [3.63, 3.8) is 0 Å². The molecule has 1 fully saturated rings. The number of aliphatic hydroxyl groups is 1. The van der Waals surface area contributed by atoms with E-state index in [4.69, 9.17) is 5.11 Å². The first-order valence-electron chi connectivity index (χ1n) is 5.31. The van der Waals surface area contributed by atoms with Crippen LogP contribution in [0.2, 0.25) is 0 Å². The van der Waals surface area contributed by atoms with Gasteiger partial charge >= 0.3 is 11.7 Å². The van der Waals surface area contributed by atoms with Crippen molar-refractivity contribution in [2.24, 2.45) is 0 Å². The molecule has 0 aromatic carbocycles. The number of aromatic carboxylic acids is 1. The van der Waals surface area contributed by atoms with E-state index in [2.05, 4.69) is 4.98 Å². The highest BCUT2D eigenvalue weighted by Crippen LogP contribution is 2.28. The maximum absolute atomic E-state index is 10.9. The Labute approximate surface area is 102 Å². The van der Waals surface area contributed by atoms with Gasteiger partial charge in [-0.1, -0.05) is 0 Å². The number of rotatable bonds is 3. The van der Waals surface area contributed by atoms with Gasteiger partial charge in [-0.25, -0.2) is 9.78 Å². The smallest absolute Gasteiger partial charge is 0.354 e. The number of β-amino-alcohol motifs (C(OH)–C–C–N with tert-alkyl or cyclic N) is 1. The van der Waals surface area contributed by atoms with Gasteiger partial charge in [-0.05, 0) is 12.5 Å². The number of hydrogen-bond donors (Lipinski definition) is 2. The number of nitrogens with zero attached hydrogens (tertiary/aromatic N) is 3. The summed E-state index contributed by atoms with van der Waals surface area (Å²) in [6.07, 6.45) is -0.0873. The third-order valence-corrected chi connectivity index (χ3v) is 2.73. The number of hydrogen-bond acceptors (Lipinski definition) is 6. The van der Waals surface area contributed by atoms with Gasteiger partial charge in [-0.15, -0.1) is 0 Å². The average Bonchev–Trinajstić information content (AvgIpc) is 2.74. The van der Waals surface area contributed by atoms with Gasteiger partial charge in [0, 0.05) is 19.2 Å². The first-order valence-corrected chi connectivity index (χ1v) is 5.31. The zero-order valence-electron chi connectivity index (χ0n) is 9.31. The topological polar surface area (TPSA) is 117 Å². The minimum absolute atomic E-state index is 0.00329. The van der Waals surface area contributed by atoms with Gasteiger partial charge in [0.1, 0.15) is 0 Å². The molecular formula is C10H11N3O5. The normalized spacial score (nSPS) is 18.9. The van der Waals surface area contributed by atoms with Crippen LogP contribution in [0.1, 0.15) is 16.9 Å². The molecule has 1 unspecified atom stereocenters. The molecule has 1 atom stereocenters. The second-order valence-electron chi connectivity index (χ2n) is 3.99. The first kappa shape index (κ1) is 12.2. The number of anilines is 1. The second-order valence-corrected chi connectivity index (χ2v) is 3.99. The van der Waals surface area contributed by atoms with E-state index in [1.54, 1.807) is 0 Å². The Morgan fingerprint density at radius 2 is 2.28 bits per heavy atom. The first-order chi connectivity index (χ1) is 8.49. The molecule has 2 N–H and O–H groups in total. The molecule has 2 rings (SSSR count). The van der Waals surface area contributed by atoms with Crippen molar-refractivity contribution >= 4 is 17.5 Å². The number of pyridine rings is 1. The van der Waals surface area contributed by atoms with Crippen LogP contribution in [0, 0.1) is 10.1 Å². The molecule has 1 aromatic rings. The lowest BCUT2D eigenvalue weighted by Gasteiger charge is -2.16. The van der Waals surface area contributed by atoms with Crippen molar-refractivity contribution < 1.29 is 19.9 Å². The molecule has 1 aromatic heterocycles. The van der Waals surface area contributed by atoms with E-state index in [-0.39, 0.29) is 23.7 Å². The SMILES string of the molecule is O=C(O)c1ccc([N+](=O)[O-])c(N2CCC(O)C2)n1. The van der Waals surface area contributed by atoms with Crippen LogP contribution in [-0.2, 0) is 0 Å². The lowest BCUT2D eigenvalue weighted by molar-refractivity contribution is -0.384. The Hall–Kier alpha value is -2.22. The molecule has 0 saturated carbocycles. The van der Waals surface area contributed by atoms with Crippen molar-refractivity contribution in [1.82, 2.24) is 4.98 Å². The van der Waals surface area contributed by atoms with Gasteiger partial charge in [0.25, 0.3) is 0 Å². The van der Waals surface area contributed by atoms with E-state index < -0.39 is 17.0 Å². The van der Waals surface area contributed by atoms with Gasteiger partial charge < -0.3 is 15.1 Å². The molecule has 8 heteroatoms. The molecule has 0 amide bonds. The van der Waals surface area contributed by atoms with Crippen molar-refractivity contribution in [3.05, 3.63) is 27.9 Å². The summed E-state index contributed by atoms with van der Waals surface area (Å²) in [4.78, 5) is 26.4. The molecule has 0 bridgehead atoms. The van der Waals surface area contributed by atoms with Gasteiger partial charge in [-0.3, -0.25) is 10.1 Å². The van der Waals surface area contributed by atoms with Crippen LogP contribution in [-0.4, -0.2) is 45.3 Å². The van der Waals surface area contributed by atoms with Crippen molar-refractivity contribution in [2.45, 2.75) is 12.5 Å². The number of carboxylic acids is 1. The maximum Gasteiger partial charge on any atom is 0.354 e. The molecule has 18 heavy (non-hydrogen) atoms. The highest BCUT2D eigenvalue weighted by atomic mass is 16.6. The van der Waals surface area contributed by atoms with E-state index in [0.29, 0.717) is 13.0 Å². The second kappa shape index (κ2) is 4.57.